The molecular weight excluding hydrogens is 264 g/mol. The van der Waals surface area contributed by atoms with Crippen LogP contribution < -0.4 is 5.32 Å². The Hall–Kier alpha value is -2.02. The number of nitriles is 1. The van der Waals surface area contributed by atoms with Crippen molar-refractivity contribution in [2.24, 2.45) is 0 Å². The van der Waals surface area contributed by atoms with Gasteiger partial charge in [-0.25, -0.2) is 4.79 Å². The third-order valence-corrected chi connectivity index (χ3v) is 3.04. The minimum Gasteiger partial charge on any atom is -0.444 e. The molecule has 1 aromatic rings. The Morgan fingerprint density at radius 2 is 1.76 bits per heavy atom. The molecule has 0 aromatic heterocycles. The molecule has 21 heavy (non-hydrogen) atoms. The van der Waals surface area contributed by atoms with Gasteiger partial charge in [0, 0.05) is 6.54 Å². The lowest BCUT2D eigenvalue weighted by molar-refractivity contribution is 0.0528. The van der Waals surface area contributed by atoms with Gasteiger partial charge in [0.2, 0.25) is 0 Å². The molecule has 0 aliphatic carbocycles. The van der Waals surface area contributed by atoms with Gasteiger partial charge in [-0.2, -0.15) is 5.26 Å². The Balaban J connectivity index is 2.48. The van der Waals surface area contributed by atoms with Crippen LogP contribution in [0.15, 0.2) is 24.3 Å². The maximum absolute atomic E-state index is 11.5. The van der Waals surface area contributed by atoms with Gasteiger partial charge in [-0.3, -0.25) is 0 Å². The zero-order valence-electron chi connectivity index (χ0n) is 13.5. The van der Waals surface area contributed by atoms with E-state index in [1.165, 1.54) is 0 Å². The largest absolute Gasteiger partial charge is 0.444 e. The first-order valence-corrected chi connectivity index (χ1v) is 7.11. The van der Waals surface area contributed by atoms with E-state index in [9.17, 15) is 4.79 Å². The van der Waals surface area contributed by atoms with Gasteiger partial charge in [-0.15, -0.1) is 0 Å². The number of alkyl carbamates (subject to hydrolysis) is 1. The van der Waals surface area contributed by atoms with Crippen molar-refractivity contribution in [3.8, 4) is 6.07 Å². The van der Waals surface area contributed by atoms with Gasteiger partial charge in [0.25, 0.3) is 0 Å². The van der Waals surface area contributed by atoms with Gasteiger partial charge in [-0.05, 0) is 52.2 Å². The standard InChI is InChI=1S/C17H24N2O2/c1-16(2,3)21-15(20)19-11-10-13-6-8-14(9-7-13)17(4,5)12-18/h6-9H,10-11H2,1-5H3,(H,19,20). The summed E-state index contributed by atoms with van der Waals surface area (Å²) in [6, 6.07) is 10.2. The van der Waals surface area contributed by atoms with Gasteiger partial charge in [0.05, 0.1) is 11.5 Å². The fraction of sp³-hybridized carbons (Fsp3) is 0.529. The van der Waals surface area contributed by atoms with Crippen LogP contribution >= 0.6 is 0 Å². The van der Waals surface area contributed by atoms with Gasteiger partial charge in [0.1, 0.15) is 5.60 Å². The van der Waals surface area contributed by atoms with E-state index in [0.717, 1.165) is 17.5 Å². The molecule has 0 fully saturated rings. The first-order valence-electron chi connectivity index (χ1n) is 7.11. The van der Waals surface area contributed by atoms with Crippen molar-refractivity contribution >= 4 is 6.09 Å². The maximum atomic E-state index is 11.5. The van der Waals surface area contributed by atoms with Crippen molar-refractivity contribution in [3.63, 3.8) is 0 Å². The molecule has 0 saturated carbocycles. The third-order valence-electron chi connectivity index (χ3n) is 3.04. The number of hydrogen-bond acceptors (Lipinski definition) is 3. The van der Waals surface area contributed by atoms with Crippen molar-refractivity contribution in [2.45, 2.75) is 52.1 Å². The van der Waals surface area contributed by atoms with Crippen LogP contribution in [-0.2, 0) is 16.6 Å². The Labute approximate surface area is 127 Å². The van der Waals surface area contributed by atoms with Crippen molar-refractivity contribution in [1.29, 1.82) is 5.26 Å². The monoisotopic (exact) mass is 288 g/mol. The fourth-order valence-electron chi connectivity index (χ4n) is 1.78. The molecule has 1 amide bonds. The molecule has 0 saturated heterocycles. The maximum Gasteiger partial charge on any atom is 0.407 e. The van der Waals surface area contributed by atoms with E-state index in [1.54, 1.807) is 0 Å². The molecular formula is C17H24N2O2. The smallest absolute Gasteiger partial charge is 0.407 e. The molecule has 4 heteroatoms. The van der Waals surface area contributed by atoms with Crippen LogP contribution in [0.5, 0.6) is 0 Å². The number of carbonyl (C=O) groups excluding carboxylic acids is 1. The van der Waals surface area contributed by atoms with Crippen LogP contribution in [0.4, 0.5) is 4.79 Å². The Morgan fingerprint density at radius 1 is 1.19 bits per heavy atom. The number of amides is 1. The number of rotatable bonds is 4. The summed E-state index contributed by atoms with van der Waals surface area (Å²) in [6.45, 7) is 9.82. The highest BCUT2D eigenvalue weighted by Crippen LogP contribution is 2.22. The van der Waals surface area contributed by atoms with Crippen LogP contribution in [0.3, 0.4) is 0 Å². The van der Waals surface area contributed by atoms with Crippen LogP contribution in [0.2, 0.25) is 0 Å². The zero-order valence-corrected chi connectivity index (χ0v) is 13.5. The molecule has 0 bridgehead atoms. The summed E-state index contributed by atoms with van der Waals surface area (Å²) in [6.07, 6.45) is 0.330. The second-order valence-corrected chi connectivity index (χ2v) is 6.61. The molecule has 1 N–H and O–H groups in total. The van der Waals surface area contributed by atoms with Crippen LogP contribution in [0, 0.1) is 11.3 Å². The molecule has 0 atom stereocenters. The third kappa shape index (κ3) is 5.86. The number of ether oxygens (including phenoxy) is 1. The molecule has 4 nitrogen and oxygen atoms in total. The van der Waals surface area contributed by atoms with E-state index in [1.807, 2.05) is 58.9 Å². The number of carbonyl (C=O) groups is 1. The lowest BCUT2D eigenvalue weighted by Gasteiger charge is -2.19. The molecule has 0 aliphatic rings. The lowest BCUT2D eigenvalue weighted by atomic mass is 9.86. The molecule has 0 unspecified atom stereocenters. The summed E-state index contributed by atoms with van der Waals surface area (Å²) in [4.78, 5) is 11.5. The quantitative estimate of drug-likeness (QED) is 0.921. The first-order chi connectivity index (χ1) is 9.64. The fourth-order valence-corrected chi connectivity index (χ4v) is 1.78. The number of nitrogens with one attached hydrogen (secondary N) is 1. The van der Waals surface area contributed by atoms with Gasteiger partial charge in [0.15, 0.2) is 0 Å². The van der Waals surface area contributed by atoms with Crippen LogP contribution in [-0.4, -0.2) is 18.2 Å². The summed E-state index contributed by atoms with van der Waals surface area (Å²) in [7, 11) is 0. The molecule has 114 valence electrons. The topological polar surface area (TPSA) is 62.1 Å². The average Bonchev–Trinajstić information content (AvgIpc) is 2.37. The number of hydrogen-bond donors (Lipinski definition) is 1. The summed E-state index contributed by atoms with van der Waals surface area (Å²) < 4.78 is 5.17. The minimum atomic E-state index is -0.479. The Morgan fingerprint density at radius 3 is 2.24 bits per heavy atom. The second-order valence-electron chi connectivity index (χ2n) is 6.61. The Bertz CT molecular complexity index is 519. The highest BCUT2D eigenvalue weighted by atomic mass is 16.6. The molecule has 0 aliphatic heterocycles. The summed E-state index contributed by atoms with van der Waals surface area (Å²) in [5, 5.41) is 11.8. The second kappa shape index (κ2) is 6.62. The summed E-state index contributed by atoms with van der Waals surface area (Å²) >= 11 is 0. The normalized spacial score (nSPS) is 11.6. The van der Waals surface area contributed by atoms with Gasteiger partial charge < -0.3 is 10.1 Å². The van der Waals surface area contributed by atoms with Crippen LogP contribution in [0.25, 0.3) is 0 Å². The van der Waals surface area contributed by atoms with Crippen LogP contribution in [0.1, 0.15) is 45.7 Å². The average molecular weight is 288 g/mol. The van der Waals surface area contributed by atoms with E-state index < -0.39 is 17.1 Å². The summed E-state index contributed by atoms with van der Waals surface area (Å²) in [5.74, 6) is 0. The first kappa shape index (κ1) is 17.0. The van der Waals surface area contributed by atoms with Crippen molar-refractivity contribution in [3.05, 3.63) is 35.4 Å². The predicted octanol–water partition coefficient (Wildman–Crippen LogP) is 3.55. The van der Waals surface area contributed by atoms with E-state index in [0.29, 0.717) is 6.54 Å². The molecule has 1 aromatic carbocycles. The molecule has 0 heterocycles. The summed E-state index contributed by atoms with van der Waals surface area (Å²) in [5.41, 5.74) is 1.15. The number of nitrogens with zero attached hydrogens (tertiary/aromatic N) is 1. The van der Waals surface area contributed by atoms with E-state index in [4.69, 9.17) is 10.00 Å². The SMILES string of the molecule is CC(C)(C)OC(=O)NCCc1ccc(C(C)(C)C#N)cc1. The predicted molar refractivity (Wildman–Crippen MR) is 83.0 cm³/mol. The van der Waals surface area contributed by atoms with Crippen molar-refractivity contribution in [2.75, 3.05) is 6.54 Å². The van der Waals surface area contributed by atoms with Crippen molar-refractivity contribution in [1.82, 2.24) is 5.32 Å². The number of benzene rings is 1. The molecule has 0 radical (unpaired) electrons. The van der Waals surface area contributed by atoms with Gasteiger partial charge >= 0.3 is 6.09 Å². The zero-order chi connectivity index (χ0) is 16.1. The van der Waals surface area contributed by atoms with E-state index in [-0.39, 0.29) is 0 Å². The van der Waals surface area contributed by atoms with Crippen molar-refractivity contribution < 1.29 is 9.53 Å². The van der Waals surface area contributed by atoms with E-state index in [2.05, 4.69) is 11.4 Å². The highest BCUT2D eigenvalue weighted by Gasteiger charge is 2.19. The van der Waals surface area contributed by atoms with Gasteiger partial charge in [-0.1, -0.05) is 24.3 Å². The molecule has 1 rings (SSSR count). The minimum absolute atomic E-state index is 0.398. The molecule has 0 spiro atoms. The highest BCUT2D eigenvalue weighted by molar-refractivity contribution is 5.67. The lowest BCUT2D eigenvalue weighted by Crippen LogP contribution is -2.33. The van der Waals surface area contributed by atoms with E-state index >= 15 is 0 Å². The Kier molecular flexibility index (Phi) is 5.37.